The molecule has 0 radical (unpaired) electrons. The third-order valence-corrected chi connectivity index (χ3v) is 5.11. The quantitative estimate of drug-likeness (QED) is 0.382. The van der Waals surface area contributed by atoms with Crippen molar-refractivity contribution in [2.45, 2.75) is 49.9 Å². The summed E-state index contributed by atoms with van der Waals surface area (Å²) in [5.74, 6) is 1.33. The van der Waals surface area contributed by atoms with Gasteiger partial charge in [0, 0.05) is 38.6 Å². The fraction of sp³-hybridized carbons (Fsp3) is 0.647. The topological polar surface area (TPSA) is 121 Å². The first-order valence-corrected chi connectivity index (χ1v) is 8.75. The van der Waals surface area contributed by atoms with E-state index in [0.717, 1.165) is 4.90 Å². The number of esters is 1. The second kappa shape index (κ2) is 7.34. The van der Waals surface area contributed by atoms with Gasteiger partial charge in [0.15, 0.2) is 5.66 Å². The molecule has 4 amide bonds. The molecule has 2 atom stereocenters. The lowest BCUT2D eigenvalue weighted by atomic mass is 10.0. The number of ether oxygens (including phenoxy) is 1. The maximum absolute atomic E-state index is 12.7. The SMILES string of the molecule is C#CCCC1(CCC(=O)N2C[C@@H](N3C(=O)CNC3=O)C[C@H]2C(=O)OC)N=N1. The van der Waals surface area contributed by atoms with Gasteiger partial charge in [0.05, 0.1) is 19.7 Å². The molecule has 0 bridgehead atoms. The number of terminal acetylenes is 1. The van der Waals surface area contributed by atoms with Crippen LogP contribution in [-0.2, 0) is 19.1 Å². The van der Waals surface area contributed by atoms with E-state index in [4.69, 9.17) is 11.2 Å². The number of amides is 4. The first-order chi connectivity index (χ1) is 12.9. The Morgan fingerprint density at radius 3 is 2.67 bits per heavy atom. The van der Waals surface area contributed by atoms with Crippen LogP contribution < -0.4 is 5.32 Å². The van der Waals surface area contributed by atoms with Crippen molar-refractivity contribution in [1.29, 1.82) is 0 Å². The largest absolute Gasteiger partial charge is 0.467 e. The zero-order chi connectivity index (χ0) is 19.6. The van der Waals surface area contributed by atoms with Gasteiger partial charge in [0.25, 0.3) is 0 Å². The molecule has 0 aromatic heterocycles. The molecule has 2 fully saturated rings. The molecule has 0 aromatic rings. The number of rotatable bonds is 7. The molecule has 0 aromatic carbocycles. The molecule has 2 saturated heterocycles. The second-order valence-electron chi connectivity index (χ2n) is 6.78. The number of nitrogens with one attached hydrogen (secondary N) is 1. The highest BCUT2D eigenvalue weighted by molar-refractivity contribution is 6.02. The average molecular weight is 375 g/mol. The molecule has 3 rings (SSSR count). The van der Waals surface area contributed by atoms with Crippen LogP contribution in [-0.4, -0.2) is 71.6 Å². The monoisotopic (exact) mass is 375 g/mol. The minimum atomic E-state index is -0.830. The van der Waals surface area contributed by atoms with Crippen molar-refractivity contribution in [2.24, 2.45) is 10.2 Å². The highest BCUT2D eigenvalue weighted by Gasteiger charge is 2.47. The zero-order valence-electron chi connectivity index (χ0n) is 15.0. The summed E-state index contributed by atoms with van der Waals surface area (Å²) in [7, 11) is 1.24. The molecule has 10 heteroatoms. The summed E-state index contributed by atoms with van der Waals surface area (Å²) >= 11 is 0. The zero-order valence-corrected chi connectivity index (χ0v) is 15.0. The van der Waals surface area contributed by atoms with Gasteiger partial charge in [-0.15, -0.1) is 12.3 Å². The van der Waals surface area contributed by atoms with E-state index in [1.807, 2.05) is 0 Å². The Morgan fingerprint density at radius 1 is 1.37 bits per heavy atom. The van der Waals surface area contributed by atoms with Gasteiger partial charge in [0.1, 0.15) is 6.04 Å². The van der Waals surface area contributed by atoms with Gasteiger partial charge < -0.3 is 15.0 Å². The number of hydrogen-bond donors (Lipinski definition) is 1. The Hall–Kier alpha value is -2.96. The first kappa shape index (κ1) is 18.8. The van der Waals surface area contributed by atoms with Crippen LogP contribution in [0.1, 0.15) is 32.1 Å². The van der Waals surface area contributed by atoms with Crippen LogP contribution in [0.2, 0.25) is 0 Å². The molecule has 0 unspecified atom stereocenters. The van der Waals surface area contributed by atoms with Gasteiger partial charge in [-0.05, 0) is 0 Å². The van der Waals surface area contributed by atoms with Crippen molar-refractivity contribution in [3.8, 4) is 12.3 Å². The van der Waals surface area contributed by atoms with E-state index in [1.54, 1.807) is 0 Å². The highest BCUT2D eigenvalue weighted by Crippen LogP contribution is 2.38. The maximum atomic E-state index is 12.7. The summed E-state index contributed by atoms with van der Waals surface area (Å²) in [5, 5.41) is 10.4. The lowest BCUT2D eigenvalue weighted by Gasteiger charge is -2.23. The summed E-state index contributed by atoms with van der Waals surface area (Å²) in [4.78, 5) is 51.2. The van der Waals surface area contributed by atoms with Gasteiger partial charge in [-0.25, -0.2) is 9.59 Å². The van der Waals surface area contributed by atoms with Crippen LogP contribution in [0.4, 0.5) is 4.79 Å². The Kier molecular flexibility index (Phi) is 5.12. The van der Waals surface area contributed by atoms with Crippen LogP contribution in [0.3, 0.4) is 0 Å². The predicted octanol–water partition coefficient (Wildman–Crippen LogP) is 0.0364. The van der Waals surface area contributed by atoms with Crippen LogP contribution in [0, 0.1) is 12.3 Å². The molecule has 3 aliphatic heterocycles. The summed E-state index contributed by atoms with van der Waals surface area (Å²) in [6, 6.07) is -1.89. The predicted molar refractivity (Wildman–Crippen MR) is 91.1 cm³/mol. The Balaban J connectivity index is 1.65. The Labute approximate surface area is 156 Å². The van der Waals surface area contributed by atoms with Crippen molar-refractivity contribution in [3.63, 3.8) is 0 Å². The molecule has 0 saturated carbocycles. The van der Waals surface area contributed by atoms with Crippen molar-refractivity contribution < 1.29 is 23.9 Å². The summed E-state index contributed by atoms with van der Waals surface area (Å²) < 4.78 is 4.79. The molecular formula is C17H21N5O5. The fourth-order valence-electron chi connectivity index (χ4n) is 3.56. The normalized spacial score (nSPS) is 25.3. The van der Waals surface area contributed by atoms with Crippen molar-refractivity contribution in [3.05, 3.63) is 0 Å². The van der Waals surface area contributed by atoms with Gasteiger partial charge in [-0.2, -0.15) is 10.2 Å². The number of carbonyl (C=O) groups is 4. The van der Waals surface area contributed by atoms with Gasteiger partial charge in [0.2, 0.25) is 11.8 Å². The number of imide groups is 1. The number of likely N-dealkylation sites (tertiary alicyclic amines) is 1. The van der Waals surface area contributed by atoms with Gasteiger partial charge in [-0.3, -0.25) is 14.5 Å². The van der Waals surface area contributed by atoms with E-state index in [9.17, 15) is 19.2 Å². The molecule has 3 heterocycles. The van der Waals surface area contributed by atoms with Crippen LogP contribution in [0.5, 0.6) is 0 Å². The lowest BCUT2D eigenvalue weighted by Crippen LogP contribution is -2.43. The van der Waals surface area contributed by atoms with E-state index in [1.165, 1.54) is 12.0 Å². The molecule has 1 N–H and O–H groups in total. The van der Waals surface area contributed by atoms with Crippen LogP contribution in [0.25, 0.3) is 0 Å². The van der Waals surface area contributed by atoms with E-state index in [0.29, 0.717) is 19.3 Å². The third kappa shape index (κ3) is 3.77. The lowest BCUT2D eigenvalue weighted by molar-refractivity contribution is -0.151. The molecule has 144 valence electrons. The Morgan fingerprint density at radius 2 is 2.11 bits per heavy atom. The first-order valence-electron chi connectivity index (χ1n) is 8.75. The van der Waals surface area contributed by atoms with Crippen molar-refractivity contribution >= 4 is 23.8 Å². The maximum Gasteiger partial charge on any atom is 0.328 e. The molecule has 0 spiro atoms. The van der Waals surface area contributed by atoms with E-state index in [2.05, 4.69) is 21.5 Å². The minimum absolute atomic E-state index is 0.0765. The summed E-state index contributed by atoms with van der Waals surface area (Å²) in [5.41, 5.74) is -0.591. The molecule has 0 aliphatic carbocycles. The van der Waals surface area contributed by atoms with E-state index >= 15 is 0 Å². The summed E-state index contributed by atoms with van der Waals surface area (Å²) in [6.45, 7) is 0.0241. The van der Waals surface area contributed by atoms with Gasteiger partial charge in [-0.1, -0.05) is 0 Å². The molecule has 3 aliphatic rings. The Bertz CT molecular complexity index is 720. The van der Waals surface area contributed by atoms with Crippen molar-refractivity contribution in [1.82, 2.24) is 15.1 Å². The number of nitrogens with zero attached hydrogens (tertiary/aromatic N) is 4. The smallest absolute Gasteiger partial charge is 0.328 e. The van der Waals surface area contributed by atoms with Crippen LogP contribution >= 0.6 is 0 Å². The molecular weight excluding hydrogens is 354 g/mol. The third-order valence-electron chi connectivity index (χ3n) is 5.11. The number of carbonyl (C=O) groups excluding carboxylic acids is 4. The minimum Gasteiger partial charge on any atom is -0.467 e. The molecule has 10 nitrogen and oxygen atoms in total. The number of hydrogen-bond acceptors (Lipinski definition) is 7. The van der Waals surface area contributed by atoms with E-state index in [-0.39, 0.29) is 37.7 Å². The van der Waals surface area contributed by atoms with E-state index < -0.39 is 29.7 Å². The fourth-order valence-corrected chi connectivity index (χ4v) is 3.56. The van der Waals surface area contributed by atoms with Gasteiger partial charge >= 0.3 is 12.0 Å². The standard InChI is InChI=1S/C17H21N5O5/c1-3-4-6-17(19-20-17)7-5-13(23)21-10-11(8-12(21)15(25)27-2)22-14(24)9-18-16(22)26/h1,11-12H,4-10H2,2H3,(H,18,26)/t11-,12-/m0/s1. The second-order valence-corrected chi connectivity index (χ2v) is 6.78. The number of methoxy groups -OCH3 is 1. The number of urea groups is 1. The molecule has 27 heavy (non-hydrogen) atoms. The van der Waals surface area contributed by atoms with Crippen LogP contribution in [0.15, 0.2) is 10.2 Å². The van der Waals surface area contributed by atoms with Crippen molar-refractivity contribution in [2.75, 3.05) is 20.2 Å². The average Bonchev–Trinajstić information content (AvgIpc) is 3.17. The summed E-state index contributed by atoms with van der Waals surface area (Å²) in [6.07, 6.45) is 7.07. The highest BCUT2D eigenvalue weighted by atomic mass is 16.5.